The Morgan fingerprint density at radius 3 is 2.21 bits per heavy atom. The third-order valence-corrected chi connectivity index (χ3v) is 7.64. The Kier molecular flexibility index (Phi) is 6.91. The fraction of sp³-hybridized carbons (Fsp3) is 0.176. The number of aromatic nitrogens is 1. The number of hydrogen-bond acceptors (Lipinski definition) is 3. The first-order chi connectivity index (χ1) is 19.1. The van der Waals surface area contributed by atoms with Gasteiger partial charge in [-0.15, -0.1) is 0 Å². The van der Waals surface area contributed by atoms with Crippen LogP contribution in [0, 0.1) is 12.7 Å². The Morgan fingerprint density at radius 1 is 0.846 bits per heavy atom. The lowest BCUT2D eigenvalue weighted by Crippen LogP contribution is -2.26. The van der Waals surface area contributed by atoms with Crippen LogP contribution < -0.4 is 5.32 Å². The van der Waals surface area contributed by atoms with Crippen LogP contribution in [-0.2, 0) is 0 Å². The van der Waals surface area contributed by atoms with Gasteiger partial charge in [-0.3, -0.25) is 14.7 Å². The molecule has 5 heteroatoms. The van der Waals surface area contributed by atoms with Crippen molar-refractivity contribution in [2.45, 2.75) is 25.8 Å². The Labute approximate surface area is 228 Å². The highest BCUT2D eigenvalue weighted by Gasteiger charge is 2.25. The van der Waals surface area contributed by atoms with Crippen molar-refractivity contribution in [2.24, 2.45) is 0 Å². The van der Waals surface area contributed by atoms with E-state index in [0.29, 0.717) is 5.56 Å². The first-order valence-corrected chi connectivity index (χ1v) is 13.4. The molecule has 1 N–H and O–H groups in total. The van der Waals surface area contributed by atoms with Crippen molar-refractivity contribution >= 4 is 22.5 Å². The van der Waals surface area contributed by atoms with Crippen molar-refractivity contribution in [3.05, 3.63) is 131 Å². The summed E-state index contributed by atoms with van der Waals surface area (Å²) in [4.78, 5) is 20.5. The van der Waals surface area contributed by atoms with Gasteiger partial charge >= 0.3 is 0 Å². The van der Waals surface area contributed by atoms with E-state index in [1.807, 2.05) is 37.4 Å². The summed E-state index contributed by atoms with van der Waals surface area (Å²) in [6.07, 6.45) is 4.44. The summed E-state index contributed by atoms with van der Waals surface area (Å²) < 4.78 is 13.2. The van der Waals surface area contributed by atoms with Crippen LogP contribution in [-0.4, -0.2) is 28.9 Å². The third kappa shape index (κ3) is 5.18. The SMILES string of the molecule is Cc1c(NC(=O)c2ccc(-c3ccc(F)cc3)cc2)ccc2cc(C(c3ccccc3)N3CCCC3)cnc12. The fourth-order valence-electron chi connectivity index (χ4n) is 5.55. The minimum Gasteiger partial charge on any atom is -0.322 e. The number of anilines is 1. The van der Waals surface area contributed by atoms with Gasteiger partial charge < -0.3 is 5.32 Å². The van der Waals surface area contributed by atoms with Crippen LogP contribution in [0.5, 0.6) is 0 Å². The molecule has 0 radical (unpaired) electrons. The van der Waals surface area contributed by atoms with E-state index >= 15 is 0 Å². The summed E-state index contributed by atoms with van der Waals surface area (Å²) in [5, 5.41) is 4.12. The highest BCUT2D eigenvalue weighted by molar-refractivity contribution is 6.06. The van der Waals surface area contributed by atoms with Crippen LogP contribution in [0.2, 0.25) is 0 Å². The number of carbonyl (C=O) groups excluding carboxylic acids is 1. The quantitative estimate of drug-likeness (QED) is 0.251. The monoisotopic (exact) mass is 515 g/mol. The fourth-order valence-corrected chi connectivity index (χ4v) is 5.55. The van der Waals surface area contributed by atoms with E-state index < -0.39 is 0 Å². The molecule has 1 amide bonds. The number of hydrogen-bond donors (Lipinski definition) is 1. The van der Waals surface area contributed by atoms with Crippen LogP contribution in [0.3, 0.4) is 0 Å². The van der Waals surface area contributed by atoms with Crippen molar-refractivity contribution in [3.63, 3.8) is 0 Å². The maximum atomic E-state index is 13.2. The highest BCUT2D eigenvalue weighted by atomic mass is 19.1. The van der Waals surface area contributed by atoms with Crippen LogP contribution in [0.25, 0.3) is 22.0 Å². The second kappa shape index (κ2) is 10.8. The van der Waals surface area contributed by atoms with Gasteiger partial charge in [0, 0.05) is 22.8 Å². The average molecular weight is 516 g/mol. The molecule has 1 saturated heterocycles. The first-order valence-electron chi connectivity index (χ1n) is 13.4. The second-order valence-corrected chi connectivity index (χ2v) is 10.2. The van der Waals surface area contributed by atoms with Gasteiger partial charge in [-0.1, -0.05) is 60.7 Å². The second-order valence-electron chi connectivity index (χ2n) is 10.2. The van der Waals surface area contributed by atoms with Crippen LogP contribution in [0.15, 0.2) is 103 Å². The molecule has 1 aromatic heterocycles. The van der Waals surface area contributed by atoms with Crippen LogP contribution >= 0.6 is 0 Å². The van der Waals surface area contributed by atoms with Gasteiger partial charge in [-0.05, 0) is 97.1 Å². The first kappa shape index (κ1) is 25.0. The van der Waals surface area contributed by atoms with E-state index in [4.69, 9.17) is 4.98 Å². The summed E-state index contributed by atoms with van der Waals surface area (Å²) in [5.74, 6) is -0.452. The molecule has 6 rings (SSSR count). The van der Waals surface area contributed by atoms with Gasteiger partial charge in [0.1, 0.15) is 5.82 Å². The standard InChI is InChI=1S/C34H30FN3O/c1-23-31(37-34(39)27-11-9-24(10-12-27)25-13-16-30(35)17-14-25)18-15-28-21-29(22-36-32(23)28)33(38-19-5-6-20-38)26-7-3-2-4-8-26/h2-4,7-18,21-22,33H,5-6,19-20H2,1H3,(H,37,39). The highest BCUT2D eigenvalue weighted by Crippen LogP contribution is 2.34. The number of rotatable bonds is 6. The Hall–Kier alpha value is -4.35. The Balaban J connectivity index is 1.24. The molecule has 1 aliphatic rings. The lowest BCUT2D eigenvalue weighted by Gasteiger charge is -2.28. The largest absolute Gasteiger partial charge is 0.322 e. The molecule has 194 valence electrons. The molecule has 0 bridgehead atoms. The molecule has 4 nitrogen and oxygen atoms in total. The van der Waals surface area contributed by atoms with Gasteiger partial charge in [0.15, 0.2) is 0 Å². The van der Waals surface area contributed by atoms with Crippen molar-refractivity contribution in [1.29, 1.82) is 0 Å². The number of halogens is 1. The van der Waals surface area contributed by atoms with E-state index in [2.05, 4.69) is 46.6 Å². The molecule has 1 aliphatic heterocycles. The van der Waals surface area contributed by atoms with Gasteiger partial charge in [0.2, 0.25) is 0 Å². The average Bonchev–Trinajstić information content (AvgIpc) is 3.50. The zero-order valence-electron chi connectivity index (χ0n) is 21.9. The predicted octanol–water partition coefficient (Wildman–Crippen LogP) is 7.79. The molecule has 0 saturated carbocycles. The molecule has 0 spiro atoms. The number of benzene rings is 4. The molecule has 1 fully saturated rings. The van der Waals surface area contributed by atoms with Crippen molar-refractivity contribution in [2.75, 3.05) is 18.4 Å². The summed E-state index contributed by atoms with van der Waals surface area (Å²) >= 11 is 0. The number of carbonyl (C=O) groups is 1. The summed E-state index contributed by atoms with van der Waals surface area (Å²) in [6, 6.07) is 30.7. The summed E-state index contributed by atoms with van der Waals surface area (Å²) in [7, 11) is 0. The number of pyridine rings is 1. The number of amides is 1. The van der Waals surface area contributed by atoms with Crippen molar-refractivity contribution in [3.8, 4) is 11.1 Å². The normalized spacial score (nSPS) is 14.4. The van der Waals surface area contributed by atoms with E-state index in [1.54, 1.807) is 24.3 Å². The van der Waals surface area contributed by atoms with E-state index in [1.165, 1.54) is 36.1 Å². The van der Waals surface area contributed by atoms with E-state index in [-0.39, 0.29) is 17.8 Å². The minimum absolute atomic E-state index is 0.182. The molecular weight excluding hydrogens is 485 g/mol. The van der Waals surface area contributed by atoms with Crippen LogP contribution in [0.4, 0.5) is 10.1 Å². The third-order valence-electron chi connectivity index (χ3n) is 7.64. The minimum atomic E-state index is -0.270. The maximum Gasteiger partial charge on any atom is 0.255 e. The number of nitrogens with one attached hydrogen (secondary N) is 1. The molecule has 5 aromatic rings. The van der Waals surface area contributed by atoms with Gasteiger partial charge in [0.05, 0.1) is 11.6 Å². The Morgan fingerprint density at radius 2 is 1.51 bits per heavy atom. The summed E-state index contributed by atoms with van der Waals surface area (Å²) in [5.41, 5.74) is 7.42. The van der Waals surface area contributed by atoms with Crippen LogP contribution in [0.1, 0.15) is 45.9 Å². The lowest BCUT2D eigenvalue weighted by molar-refractivity contribution is 0.102. The number of fused-ring (bicyclic) bond motifs is 1. The van der Waals surface area contributed by atoms with Crippen molar-refractivity contribution in [1.82, 2.24) is 9.88 Å². The maximum absolute atomic E-state index is 13.2. The smallest absolute Gasteiger partial charge is 0.255 e. The molecule has 2 heterocycles. The van der Waals surface area contributed by atoms with Crippen molar-refractivity contribution < 1.29 is 9.18 Å². The lowest BCUT2D eigenvalue weighted by atomic mass is 9.96. The molecule has 4 aromatic carbocycles. The van der Waals surface area contributed by atoms with E-state index in [9.17, 15) is 9.18 Å². The predicted molar refractivity (Wildman–Crippen MR) is 155 cm³/mol. The molecule has 39 heavy (non-hydrogen) atoms. The molecule has 1 unspecified atom stereocenters. The summed E-state index contributed by atoms with van der Waals surface area (Å²) in [6.45, 7) is 4.18. The van der Waals surface area contributed by atoms with E-state index in [0.717, 1.165) is 46.4 Å². The Bertz CT molecular complexity index is 1610. The van der Waals surface area contributed by atoms with Gasteiger partial charge in [-0.2, -0.15) is 0 Å². The molecule has 0 aliphatic carbocycles. The number of likely N-dealkylation sites (tertiary alicyclic amines) is 1. The number of nitrogens with zero attached hydrogens (tertiary/aromatic N) is 2. The molecular formula is C34H30FN3O. The van der Waals surface area contributed by atoms with Gasteiger partial charge in [0.25, 0.3) is 5.91 Å². The topological polar surface area (TPSA) is 45.2 Å². The number of aryl methyl sites for hydroxylation is 1. The zero-order chi connectivity index (χ0) is 26.8. The zero-order valence-corrected chi connectivity index (χ0v) is 21.9. The van der Waals surface area contributed by atoms with Gasteiger partial charge in [-0.25, -0.2) is 4.39 Å². The molecule has 1 atom stereocenters.